The van der Waals surface area contributed by atoms with E-state index in [4.69, 9.17) is 19.6 Å². The molecule has 2 amide bonds. The Balaban J connectivity index is 1.24. The lowest BCUT2D eigenvalue weighted by molar-refractivity contribution is -0.424. The molecule has 0 fully saturated rings. The molecule has 0 radical (unpaired) electrons. The highest BCUT2D eigenvalue weighted by atomic mass is 17.2. The topological polar surface area (TPSA) is 101 Å². The summed E-state index contributed by atoms with van der Waals surface area (Å²) < 4.78 is 2.08. The zero-order valence-corrected chi connectivity index (χ0v) is 32.3. The number of anilines is 3. The molecular weight excluding hydrogens is 693 g/mol. The lowest BCUT2D eigenvalue weighted by Crippen LogP contribution is -2.34. The van der Waals surface area contributed by atoms with Gasteiger partial charge in [-0.05, 0) is 43.7 Å². The van der Waals surface area contributed by atoms with Crippen molar-refractivity contribution in [2.75, 3.05) is 42.8 Å². The van der Waals surface area contributed by atoms with Gasteiger partial charge in [0, 0.05) is 57.0 Å². The molecule has 4 aromatic carbocycles. The van der Waals surface area contributed by atoms with Crippen LogP contribution in [-0.4, -0.2) is 49.4 Å². The molecule has 2 N–H and O–H groups in total. The largest absolute Gasteiger partial charge is 0.335 e. The summed E-state index contributed by atoms with van der Waals surface area (Å²) in [5, 5.41) is 6.14. The van der Waals surface area contributed by atoms with Gasteiger partial charge in [-0.3, -0.25) is 9.59 Å². The van der Waals surface area contributed by atoms with Crippen molar-refractivity contribution in [2.45, 2.75) is 51.7 Å². The minimum atomic E-state index is -0.350. The van der Waals surface area contributed by atoms with Crippen molar-refractivity contribution in [3.05, 3.63) is 155 Å². The van der Waals surface area contributed by atoms with Crippen LogP contribution in [0.3, 0.4) is 0 Å². The second-order valence-electron chi connectivity index (χ2n) is 14.4. The Kier molecular flexibility index (Phi) is 12.2. The molecule has 2 aliphatic heterocycles. The summed E-state index contributed by atoms with van der Waals surface area (Å²) >= 11 is 0. The minimum absolute atomic E-state index is 0.126. The zero-order chi connectivity index (χ0) is 39.0. The summed E-state index contributed by atoms with van der Waals surface area (Å²) in [7, 11) is 2.91. The molecule has 0 aromatic heterocycles. The molecule has 10 heteroatoms. The van der Waals surface area contributed by atoms with Crippen LogP contribution in [0, 0.1) is 0 Å². The van der Waals surface area contributed by atoms with E-state index in [0.717, 1.165) is 45.0 Å². The molecule has 0 atom stereocenters. The summed E-state index contributed by atoms with van der Waals surface area (Å²) in [5.74, 6) is -0.301. The zero-order valence-electron chi connectivity index (χ0n) is 32.3. The Morgan fingerprint density at radius 1 is 0.673 bits per heavy atom. The molecule has 0 unspecified atom stereocenters. The van der Waals surface area contributed by atoms with Gasteiger partial charge in [0.25, 0.3) is 5.91 Å². The number of benzene rings is 4. The Hall–Kier alpha value is -5.65. The minimum Gasteiger partial charge on any atom is -0.335 e. The number of carbonyl (C=O) groups is 2. The third-order valence-electron chi connectivity index (χ3n) is 10.2. The number of amides is 2. The lowest BCUT2D eigenvalue weighted by Gasteiger charge is -2.26. The maximum Gasteiger partial charge on any atom is 0.290 e. The van der Waals surface area contributed by atoms with E-state index in [9.17, 15) is 9.59 Å². The smallest absolute Gasteiger partial charge is 0.290 e. The molecule has 10 nitrogen and oxygen atoms in total. The van der Waals surface area contributed by atoms with Crippen LogP contribution in [0.2, 0.25) is 0 Å². The van der Waals surface area contributed by atoms with E-state index < -0.39 is 0 Å². The highest BCUT2D eigenvalue weighted by Gasteiger charge is 2.45. The summed E-state index contributed by atoms with van der Waals surface area (Å²) in [4.78, 5) is 49.1. The van der Waals surface area contributed by atoms with E-state index in [0.29, 0.717) is 11.4 Å². The van der Waals surface area contributed by atoms with E-state index in [-0.39, 0.29) is 48.9 Å². The van der Waals surface area contributed by atoms with Gasteiger partial charge in [0.15, 0.2) is 5.71 Å². The number of nitrogens with zero attached hydrogens (tertiary/aromatic N) is 2. The number of allylic oxidation sites excluding steroid dienone is 6. The Morgan fingerprint density at radius 3 is 1.89 bits per heavy atom. The van der Waals surface area contributed by atoms with Gasteiger partial charge >= 0.3 is 0 Å². The molecular formula is C45H49N4O6+. The van der Waals surface area contributed by atoms with E-state index in [1.165, 1.54) is 14.2 Å². The van der Waals surface area contributed by atoms with Crippen molar-refractivity contribution in [1.29, 1.82) is 0 Å². The Bertz CT molecular complexity index is 2170. The molecule has 0 aliphatic carbocycles. The Labute approximate surface area is 323 Å². The average molecular weight is 742 g/mol. The second-order valence-corrected chi connectivity index (χ2v) is 14.4. The molecule has 0 bridgehead atoms. The van der Waals surface area contributed by atoms with E-state index in [1.54, 1.807) is 0 Å². The molecule has 55 heavy (non-hydrogen) atoms. The standard InChI is InChI=1S/C45H48N4O6/c1-44(2)34-20-12-16-24-38(34)48(28-42(50)46-36-22-14-10-18-32(36)30-54-52-5)40(44)26-8-7-9-27-41-45(3,4)35-21-13-17-25-39(35)49(41)29-43(51)47-37-23-15-11-19-33(37)31-55-53-6/h7-27H,28-31H2,1-6H3,(H-,46,47,50,51)/p+1. The summed E-state index contributed by atoms with van der Waals surface area (Å²) in [6, 6.07) is 31.5. The number of hydrogen-bond acceptors (Lipinski definition) is 7. The number of hydrogen-bond donors (Lipinski definition) is 2. The first-order chi connectivity index (χ1) is 26.6. The van der Waals surface area contributed by atoms with Gasteiger partial charge in [0.05, 0.1) is 19.6 Å². The van der Waals surface area contributed by atoms with Gasteiger partial charge in [-0.15, -0.1) is 0 Å². The third-order valence-corrected chi connectivity index (χ3v) is 10.2. The molecule has 6 rings (SSSR count). The van der Waals surface area contributed by atoms with Gasteiger partial charge < -0.3 is 15.5 Å². The number of rotatable bonds is 15. The van der Waals surface area contributed by atoms with Crippen LogP contribution in [0.5, 0.6) is 0 Å². The van der Waals surface area contributed by atoms with Gasteiger partial charge in [-0.2, -0.15) is 4.58 Å². The quantitative estimate of drug-likeness (QED) is 0.0548. The second kappa shape index (κ2) is 17.2. The van der Waals surface area contributed by atoms with Gasteiger partial charge in [-0.1, -0.05) is 105 Å². The molecule has 2 heterocycles. The average Bonchev–Trinajstić information content (AvgIpc) is 3.52. The van der Waals surface area contributed by atoms with Gasteiger partial charge in [0.2, 0.25) is 18.1 Å². The fourth-order valence-corrected chi connectivity index (χ4v) is 7.43. The van der Waals surface area contributed by atoms with Crippen LogP contribution in [0.4, 0.5) is 22.7 Å². The first-order valence-electron chi connectivity index (χ1n) is 18.3. The van der Waals surface area contributed by atoms with Crippen LogP contribution < -0.4 is 15.5 Å². The maximum atomic E-state index is 13.6. The highest BCUT2D eigenvalue weighted by molar-refractivity contribution is 6.04. The number of para-hydroxylation sites is 4. The first kappa shape index (κ1) is 39.1. The van der Waals surface area contributed by atoms with Crippen molar-refractivity contribution in [1.82, 2.24) is 0 Å². The molecule has 4 aromatic rings. The first-order valence-corrected chi connectivity index (χ1v) is 18.3. The molecule has 0 saturated heterocycles. The van der Waals surface area contributed by atoms with Crippen molar-refractivity contribution >= 4 is 40.3 Å². The van der Waals surface area contributed by atoms with Crippen molar-refractivity contribution in [2.24, 2.45) is 0 Å². The number of fused-ring (bicyclic) bond motifs is 2. The maximum absolute atomic E-state index is 13.6. The van der Waals surface area contributed by atoms with E-state index in [2.05, 4.69) is 84.2 Å². The van der Waals surface area contributed by atoms with Crippen LogP contribution in [0.25, 0.3) is 0 Å². The molecule has 284 valence electrons. The predicted molar refractivity (Wildman–Crippen MR) is 216 cm³/mol. The third kappa shape index (κ3) is 8.53. The number of nitrogens with one attached hydrogen (secondary N) is 2. The summed E-state index contributed by atoms with van der Waals surface area (Å²) in [5.41, 5.74) is 8.57. The van der Waals surface area contributed by atoms with Gasteiger partial charge in [-0.25, -0.2) is 19.6 Å². The molecule has 0 saturated carbocycles. The fraction of sp³-hybridized carbons (Fsp3) is 0.267. The molecule has 0 spiro atoms. The summed E-state index contributed by atoms with van der Waals surface area (Å²) in [6.07, 6.45) is 10.2. The predicted octanol–water partition coefficient (Wildman–Crippen LogP) is 8.29. The van der Waals surface area contributed by atoms with E-state index >= 15 is 0 Å². The Morgan fingerprint density at radius 2 is 1.24 bits per heavy atom. The van der Waals surface area contributed by atoms with Crippen LogP contribution in [0.15, 0.2) is 133 Å². The summed E-state index contributed by atoms with van der Waals surface area (Å²) in [6.45, 7) is 9.38. The van der Waals surface area contributed by atoms with Crippen molar-refractivity contribution in [3.8, 4) is 0 Å². The van der Waals surface area contributed by atoms with Crippen molar-refractivity contribution < 1.29 is 33.7 Å². The van der Waals surface area contributed by atoms with Crippen LogP contribution >= 0.6 is 0 Å². The van der Waals surface area contributed by atoms with Crippen molar-refractivity contribution in [3.63, 3.8) is 0 Å². The van der Waals surface area contributed by atoms with E-state index in [1.807, 2.05) is 91.0 Å². The normalized spacial score (nSPS) is 16.3. The van der Waals surface area contributed by atoms with Crippen LogP contribution in [0.1, 0.15) is 49.9 Å². The van der Waals surface area contributed by atoms with Crippen LogP contribution in [-0.2, 0) is 53.2 Å². The molecule has 2 aliphatic rings. The SMILES string of the molecule is COOCc1ccccc1NC(=O)CN1/C(=C/C=C/C=C/C2=[N+](CC(=O)Nc3ccccc3COOC)c3ccccc3C2(C)C)C(C)(C)c2ccccc21. The fourth-order valence-electron chi connectivity index (χ4n) is 7.43. The van der Waals surface area contributed by atoms with Gasteiger partial charge in [0.1, 0.15) is 19.8 Å². The lowest BCUT2D eigenvalue weighted by atomic mass is 9.81. The number of carbonyl (C=O) groups excluding carboxylic acids is 2. The highest BCUT2D eigenvalue weighted by Crippen LogP contribution is 2.47. The monoisotopic (exact) mass is 741 g/mol.